The van der Waals surface area contributed by atoms with E-state index in [0.29, 0.717) is 0 Å². The van der Waals surface area contributed by atoms with Crippen LogP contribution in [0.2, 0.25) is 0 Å². The fraction of sp³-hybridized carbons (Fsp3) is 0.538. The number of benzene rings is 1. The van der Waals surface area contributed by atoms with Gasteiger partial charge in [0.05, 0.1) is 0 Å². The number of likely N-dealkylation sites (N-methyl/N-ethyl adjacent to an activating group) is 1. The largest absolute Gasteiger partial charge is 0.399 e. The summed E-state index contributed by atoms with van der Waals surface area (Å²) in [5, 5.41) is 0. The molecule has 0 amide bonds. The standard InChI is InChI=1S/C13H20N2/c1-15(12-6-4-7-12)10-9-11-5-2-3-8-13(11)14/h2-3,5,8,12H,4,6-7,9-10,14H2,1H3. The van der Waals surface area contributed by atoms with Crippen molar-refractivity contribution in [1.29, 1.82) is 0 Å². The van der Waals surface area contributed by atoms with Crippen LogP contribution in [0.15, 0.2) is 24.3 Å². The van der Waals surface area contributed by atoms with Crippen molar-refractivity contribution in [1.82, 2.24) is 4.90 Å². The van der Waals surface area contributed by atoms with Gasteiger partial charge in [0.2, 0.25) is 0 Å². The van der Waals surface area contributed by atoms with Gasteiger partial charge in [0, 0.05) is 18.3 Å². The Morgan fingerprint density at radius 2 is 2.07 bits per heavy atom. The summed E-state index contributed by atoms with van der Waals surface area (Å²) in [7, 11) is 2.23. The monoisotopic (exact) mass is 204 g/mol. The summed E-state index contributed by atoms with van der Waals surface area (Å²) in [5.74, 6) is 0. The average molecular weight is 204 g/mol. The molecular formula is C13H20N2. The molecule has 0 saturated heterocycles. The predicted molar refractivity (Wildman–Crippen MR) is 64.8 cm³/mol. The highest BCUT2D eigenvalue weighted by Gasteiger charge is 2.21. The van der Waals surface area contributed by atoms with Gasteiger partial charge in [-0.25, -0.2) is 0 Å². The molecule has 82 valence electrons. The van der Waals surface area contributed by atoms with Crippen LogP contribution >= 0.6 is 0 Å². The van der Waals surface area contributed by atoms with Crippen LogP contribution < -0.4 is 5.73 Å². The quantitative estimate of drug-likeness (QED) is 0.762. The molecule has 1 fully saturated rings. The van der Waals surface area contributed by atoms with Crippen molar-refractivity contribution in [2.75, 3.05) is 19.3 Å². The van der Waals surface area contributed by atoms with Crippen LogP contribution in [0.25, 0.3) is 0 Å². The minimum Gasteiger partial charge on any atom is -0.399 e. The van der Waals surface area contributed by atoms with E-state index in [0.717, 1.165) is 24.7 Å². The summed E-state index contributed by atoms with van der Waals surface area (Å²) in [6, 6.07) is 9.00. The number of hydrogen-bond donors (Lipinski definition) is 1. The number of nitrogen functional groups attached to an aromatic ring is 1. The van der Waals surface area contributed by atoms with Crippen molar-refractivity contribution in [3.8, 4) is 0 Å². The highest BCUT2D eigenvalue weighted by Crippen LogP contribution is 2.23. The number of nitrogens with two attached hydrogens (primary N) is 1. The fourth-order valence-electron chi connectivity index (χ4n) is 2.07. The molecule has 0 aliphatic heterocycles. The van der Waals surface area contributed by atoms with Crippen molar-refractivity contribution >= 4 is 5.69 Å². The van der Waals surface area contributed by atoms with Crippen LogP contribution in [0.5, 0.6) is 0 Å². The molecule has 0 bridgehead atoms. The number of nitrogens with zero attached hydrogens (tertiary/aromatic N) is 1. The summed E-state index contributed by atoms with van der Waals surface area (Å²) in [5.41, 5.74) is 8.12. The van der Waals surface area contributed by atoms with E-state index in [4.69, 9.17) is 5.73 Å². The fourth-order valence-corrected chi connectivity index (χ4v) is 2.07. The molecule has 2 heteroatoms. The maximum absolute atomic E-state index is 5.91. The van der Waals surface area contributed by atoms with Crippen LogP contribution in [-0.2, 0) is 6.42 Å². The Bertz CT molecular complexity index is 318. The molecule has 0 aromatic heterocycles. The summed E-state index contributed by atoms with van der Waals surface area (Å²) in [4.78, 5) is 2.47. The highest BCUT2D eigenvalue weighted by molar-refractivity contribution is 5.46. The molecule has 0 radical (unpaired) electrons. The van der Waals surface area contributed by atoms with Crippen molar-refractivity contribution in [3.05, 3.63) is 29.8 Å². The molecule has 1 saturated carbocycles. The molecule has 2 nitrogen and oxygen atoms in total. The summed E-state index contributed by atoms with van der Waals surface area (Å²) >= 11 is 0. The lowest BCUT2D eigenvalue weighted by atomic mass is 9.91. The number of rotatable bonds is 4. The second kappa shape index (κ2) is 4.67. The third-order valence-electron chi connectivity index (χ3n) is 3.49. The Balaban J connectivity index is 1.84. The van der Waals surface area contributed by atoms with Gasteiger partial charge < -0.3 is 10.6 Å². The Morgan fingerprint density at radius 3 is 2.67 bits per heavy atom. The first-order valence-electron chi connectivity index (χ1n) is 5.81. The van der Waals surface area contributed by atoms with Crippen molar-refractivity contribution in [3.63, 3.8) is 0 Å². The van der Waals surface area contributed by atoms with Crippen LogP contribution in [0.3, 0.4) is 0 Å². The van der Waals surface area contributed by atoms with Gasteiger partial charge in [0.25, 0.3) is 0 Å². The Morgan fingerprint density at radius 1 is 1.33 bits per heavy atom. The molecule has 1 aliphatic carbocycles. The first-order chi connectivity index (χ1) is 7.27. The highest BCUT2D eigenvalue weighted by atomic mass is 15.1. The topological polar surface area (TPSA) is 29.3 Å². The predicted octanol–water partition coefficient (Wildman–Crippen LogP) is 2.30. The third-order valence-corrected chi connectivity index (χ3v) is 3.49. The zero-order chi connectivity index (χ0) is 10.7. The molecule has 0 heterocycles. The molecular weight excluding hydrogens is 184 g/mol. The molecule has 0 atom stereocenters. The van der Waals surface area contributed by atoms with Crippen LogP contribution in [-0.4, -0.2) is 24.5 Å². The van der Waals surface area contributed by atoms with Crippen LogP contribution in [0.4, 0.5) is 5.69 Å². The summed E-state index contributed by atoms with van der Waals surface area (Å²) in [6.45, 7) is 1.12. The Kier molecular flexibility index (Phi) is 3.27. The van der Waals surface area contributed by atoms with Gasteiger partial charge in [-0.15, -0.1) is 0 Å². The molecule has 1 aliphatic rings. The second-order valence-electron chi connectivity index (χ2n) is 4.51. The number of anilines is 1. The van der Waals surface area contributed by atoms with E-state index >= 15 is 0 Å². The Labute approximate surface area is 92.1 Å². The van der Waals surface area contributed by atoms with Crippen molar-refractivity contribution in [2.24, 2.45) is 0 Å². The van der Waals surface area contributed by atoms with Gasteiger partial charge in [-0.3, -0.25) is 0 Å². The number of para-hydroxylation sites is 1. The van der Waals surface area contributed by atoms with Gasteiger partial charge >= 0.3 is 0 Å². The molecule has 15 heavy (non-hydrogen) atoms. The molecule has 0 unspecified atom stereocenters. The van der Waals surface area contributed by atoms with E-state index in [1.54, 1.807) is 0 Å². The molecule has 1 aromatic carbocycles. The van der Waals surface area contributed by atoms with Crippen LogP contribution in [0, 0.1) is 0 Å². The molecule has 2 rings (SSSR count). The summed E-state index contributed by atoms with van der Waals surface area (Å²) in [6.07, 6.45) is 5.23. The average Bonchev–Trinajstić information content (AvgIpc) is 2.14. The smallest absolute Gasteiger partial charge is 0.0347 e. The Hall–Kier alpha value is -1.02. The lowest BCUT2D eigenvalue weighted by Gasteiger charge is -2.34. The van der Waals surface area contributed by atoms with Gasteiger partial charge in [-0.05, 0) is 37.9 Å². The molecule has 0 spiro atoms. The van der Waals surface area contributed by atoms with E-state index in [2.05, 4.69) is 24.1 Å². The van der Waals surface area contributed by atoms with Gasteiger partial charge in [0.1, 0.15) is 0 Å². The van der Waals surface area contributed by atoms with E-state index < -0.39 is 0 Å². The normalized spacial score (nSPS) is 16.7. The van der Waals surface area contributed by atoms with Crippen molar-refractivity contribution in [2.45, 2.75) is 31.7 Å². The van der Waals surface area contributed by atoms with Crippen LogP contribution in [0.1, 0.15) is 24.8 Å². The maximum atomic E-state index is 5.91. The maximum Gasteiger partial charge on any atom is 0.0347 e. The minimum absolute atomic E-state index is 0.829. The van der Waals surface area contributed by atoms with Gasteiger partial charge in [-0.1, -0.05) is 24.6 Å². The zero-order valence-corrected chi connectivity index (χ0v) is 9.45. The van der Waals surface area contributed by atoms with E-state index in [9.17, 15) is 0 Å². The van der Waals surface area contributed by atoms with Gasteiger partial charge in [0.15, 0.2) is 0 Å². The van der Waals surface area contributed by atoms with E-state index in [1.807, 2.05) is 12.1 Å². The lowest BCUT2D eigenvalue weighted by molar-refractivity contribution is 0.161. The van der Waals surface area contributed by atoms with E-state index in [1.165, 1.54) is 24.8 Å². The first kappa shape index (κ1) is 10.5. The first-order valence-corrected chi connectivity index (χ1v) is 5.81. The number of hydrogen-bond acceptors (Lipinski definition) is 2. The molecule has 1 aromatic rings. The van der Waals surface area contributed by atoms with E-state index in [-0.39, 0.29) is 0 Å². The summed E-state index contributed by atoms with van der Waals surface area (Å²) < 4.78 is 0. The minimum atomic E-state index is 0.829. The molecule has 2 N–H and O–H groups in total. The zero-order valence-electron chi connectivity index (χ0n) is 9.45. The SMILES string of the molecule is CN(CCc1ccccc1N)C1CCC1. The third kappa shape index (κ3) is 2.51. The lowest BCUT2D eigenvalue weighted by Crippen LogP contribution is -2.38. The van der Waals surface area contributed by atoms with Crippen molar-refractivity contribution < 1.29 is 0 Å². The second-order valence-corrected chi connectivity index (χ2v) is 4.51. The van der Waals surface area contributed by atoms with Gasteiger partial charge in [-0.2, -0.15) is 0 Å².